The Hall–Kier alpha value is -1.12. The minimum atomic E-state index is -4.48. The number of sulfonamides is 1. The molecule has 1 heterocycles. The number of rotatable bonds is 2. The Morgan fingerprint density at radius 2 is 2.00 bits per heavy atom. The van der Waals surface area contributed by atoms with E-state index in [-0.39, 0.29) is 23.0 Å². The summed E-state index contributed by atoms with van der Waals surface area (Å²) in [6, 6.07) is 2.43. The lowest BCUT2D eigenvalue weighted by atomic mass is 10.1. The first-order valence-corrected chi connectivity index (χ1v) is 7.50. The molecule has 4 nitrogen and oxygen atoms in total. The second-order valence-corrected chi connectivity index (χ2v) is 6.80. The molecule has 2 N–H and O–H groups in total. The fourth-order valence-electron chi connectivity index (χ4n) is 2.23. The Morgan fingerprint density at radius 3 is 2.45 bits per heavy atom. The summed E-state index contributed by atoms with van der Waals surface area (Å²) in [4.78, 5) is -0.0976. The lowest BCUT2D eigenvalue weighted by Crippen LogP contribution is -2.32. The van der Waals surface area contributed by atoms with Gasteiger partial charge in [-0.15, -0.1) is 0 Å². The van der Waals surface area contributed by atoms with Crippen molar-refractivity contribution < 1.29 is 21.6 Å². The Labute approximate surface area is 115 Å². The molecule has 0 bridgehead atoms. The van der Waals surface area contributed by atoms with Gasteiger partial charge >= 0.3 is 6.18 Å². The van der Waals surface area contributed by atoms with E-state index >= 15 is 0 Å². The molecule has 0 amide bonds. The third kappa shape index (κ3) is 2.82. The highest BCUT2D eigenvalue weighted by molar-refractivity contribution is 7.89. The Kier molecular flexibility index (Phi) is 3.83. The number of aryl methyl sites for hydroxylation is 1. The topological polar surface area (TPSA) is 63.4 Å². The van der Waals surface area contributed by atoms with Crippen molar-refractivity contribution in [1.82, 2.24) is 4.31 Å². The highest BCUT2D eigenvalue weighted by atomic mass is 32.2. The van der Waals surface area contributed by atoms with E-state index in [2.05, 4.69) is 0 Å². The van der Waals surface area contributed by atoms with Crippen LogP contribution < -0.4 is 5.73 Å². The second-order valence-electron chi connectivity index (χ2n) is 4.89. The standard InChI is InChI=1S/C12H15F3N2O2S/c1-8-6-9(12(13,14)15)2-3-11(8)20(18,19)17-5-4-10(16)7-17/h2-3,6,10H,4-5,7,16H2,1H3/t10-/m1/s1. The maximum atomic E-state index is 12.6. The van der Waals surface area contributed by atoms with Gasteiger partial charge in [-0.25, -0.2) is 8.42 Å². The molecule has 1 atom stereocenters. The van der Waals surface area contributed by atoms with Crippen LogP contribution in [0.2, 0.25) is 0 Å². The molecular formula is C12H15F3N2O2S. The minimum absolute atomic E-state index is 0.0836. The normalized spacial score (nSPS) is 21.4. The van der Waals surface area contributed by atoms with Gasteiger partial charge in [0.15, 0.2) is 0 Å². The van der Waals surface area contributed by atoms with Crippen molar-refractivity contribution in [3.05, 3.63) is 29.3 Å². The van der Waals surface area contributed by atoms with Gasteiger partial charge in [0.1, 0.15) is 0 Å². The number of nitrogens with two attached hydrogens (primary N) is 1. The zero-order valence-electron chi connectivity index (χ0n) is 10.8. The molecule has 0 saturated carbocycles. The van der Waals surface area contributed by atoms with E-state index in [0.717, 1.165) is 18.2 Å². The van der Waals surface area contributed by atoms with E-state index in [9.17, 15) is 21.6 Å². The van der Waals surface area contributed by atoms with Crippen molar-refractivity contribution in [3.63, 3.8) is 0 Å². The molecule has 0 aliphatic carbocycles. The highest BCUT2D eigenvalue weighted by Gasteiger charge is 2.34. The van der Waals surface area contributed by atoms with Crippen LogP contribution in [0.4, 0.5) is 13.2 Å². The zero-order valence-corrected chi connectivity index (χ0v) is 11.6. The van der Waals surface area contributed by atoms with Crippen LogP contribution in [-0.4, -0.2) is 31.9 Å². The average molecular weight is 308 g/mol. The van der Waals surface area contributed by atoms with Gasteiger partial charge in [0.25, 0.3) is 0 Å². The summed E-state index contributed by atoms with van der Waals surface area (Å²) in [5.41, 5.74) is 4.89. The molecule has 1 aliphatic rings. The molecule has 2 rings (SSSR count). The van der Waals surface area contributed by atoms with Crippen LogP contribution in [0, 0.1) is 6.92 Å². The molecule has 0 aromatic heterocycles. The molecule has 112 valence electrons. The summed E-state index contributed by atoms with van der Waals surface area (Å²) in [6.07, 6.45) is -3.93. The summed E-state index contributed by atoms with van der Waals surface area (Å²) in [5, 5.41) is 0. The molecule has 0 radical (unpaired) electrons. The van der Waals surface area contributed by atoms with Crippen LogP contribution in [0.25, 0.3) is 0 Å². The summed E-state index contributed by atoms with van der Waals surface area (Å²) in [6.45, 7) is 1.85. The minimum Gasteiger partial charge on any atom is -0.326 e. The lowest BCUT2D eigenvalue weighted by molar-refractivity contribution is -0.137. The zero-order chi connectivity index (χ0) is 15.1. The third-order valence-electron chi connectivity index (χ3n) is 3.31. The van der Waals surface area contributed by atoms with Gasteiger partial charge in [-0.1, -0.05) is 0 Å². The number of halogens is 3. The number of hydrogen-bond donors (Lipinski definition) is 1. The Balaban J connectivity index is 2.38. The van der Waals surface area contributed by atoms with Crippen LogP contribution >= 0.6 is 0 Å². The highest BCUT2D eigenvalue weighted by Crippen LogP contribution is 2.32. The van der Waals surface area contributed by atoms with Crippen LogP contribution in [0.15, 0.2) is 23.1 Å². The maximum absolute atomic E-state index is 12.6. The van der Waals surface area contributed by atoms with E-state index in [1.54, 1.807) is 0 Å². The van der Waals surface area contributed by atoms with Gasteiger partial charge < -0.3 is 5.73 Å². The van der Waals surface area contributed by atoms with Gasteiger partial charge in [0, 0.05) is 19.1 Å². The molecule has 1 fully saturated rings. The summed E-state index contributed by atoms with van der Waals surface area (Å²) in [7, 11) is -3.78. The fourth-order valence-corrected chi connectivity index (χ4v) is 3.94. The lowest BCUT2D eigenvalue weighted by Gasteiger charge is -2.18. The van der Waals surface area contributed by atoms with Crippen LogP contribution in [0.3, 0.4) is 0 Å². The molecular weight excluding hydrogens is 293 g/mol. The van der Waals surface area contributed by atoms with E-state index in [4.69, 9.17) is 5.73 Å². The van der Waals surface area contributed by atoms with Gasteiger partial charge in [-0.2, -0.15) is 17.5 Å². The number of benzene rings is 1. The molecule has 20 heavy (non-hydrogen) atoms. The smallest absolute Gasteiger partial charge is 0.326 e. The summed E-state index contributed by atoms with van der Waals surface area (Å²) >= 11 is 0. The molecule has 1 aromatic carbocycles. The van der Waals surface area contributed by atoms with Gasteiger partial charge in [0.2, 0.25) is 10.0 Å². The van der Waals surface area contributed by atoms with Gasteiger partial charge in [-0.05, 0) is 37.1 Å². The summed E-state index contributed by atoms with van der Waals surface area (Å²) in [5.74, 6) is 0. The first-order valence-electron chi connectivity index (χ1n) is 6.06. The van der Waals surface area contributed by atoms with E-state index in [1.807, 2.05) is 0 Å². The van der Waals surface area contributed by atoms with Crippen molar-refractivity contribution in [2.75, 3.05) is 13.1 Å². The number of nitrogens with zero attached hydrogens (tertiary/aromatic N) is 1. The first-order chi connectivity index (χ1) is 9.12. The molecule has 0 spiro atoms. The largest absolute Gasteiger partial charge is 0.416 e. The van der Waals surface area contributed by atoms with E-state index in [1.165, 1.54) is 11.2 Å². The molecule has 0 unspecified atom stereocenters. The predicted molar refractivity (Wildman–Crippen MR) is 67.5 cm³/mol. The van der Waals surface area contributed by atoms with Gasteiger partial charge in [0.05, 0.1) is 10.5 Å². The molecule has 1 aliphatic heterocycles. The Bertz CT molecular complexity index is 614. The van der Waals surface area contributed by atoms with Crippen LogP contribution in [0.1, 0.15) is 17.5 Å². The average Bonchev–Trinajstić information content (AvgIpc) is 2.75. The molecule has 1 saturated heterocycles. The fraction of sp³-hybridized carbons (Fsp3) is 0.500. The maximum Gasteiger partial charge on any atom is 0.416 e. The monoisotopic (exact) mass is 308 g/mol. The first kappa shape index (κ1) is 15.3. The molecule has 1 aromatic rings. The summed E-state index contributed by atoms with van der Waals surface area (Å²) < 4.78 is 63.6. The van der Waals surface area contributed by atoms with Crippen molar-refractivity contribution in [2.24, 2.45) is 5.73 Å². The Morgan fingerprint density at radius 1 is 1.35 bits per heavy atom. The van der Waals surface area contributed by atoms with E-state index < -0.39 is 21.8 Å². The second kappa shape index (κ2) is 5.01. The number of hydrogen-bond acceptors (Lipinski definition) is 3. The van der Waals surface area contributed by atoms with Crippen molar-refractivity contribution in [3.8, 4) is 0 Å². The van der Waals surface area contributed by atoms with Crippen LogP contribution in [0.5, 0.6) is 0 Å². The van der Waals surface area contributed by atoms with Gasteiger partial charge in [-0.3, -0.25) is 0 Å². The molecule has 8 heteroatoms. The van der Waals surface area contributed by atoms with E-state index in [0.29, 0.717) is 13.0 Å². The third-order valence-corrected chi connectivity index (χ3v) is 5.33. The van der Waals surface area contributed by atoms with Crippen molar-refractivity contribution in [2.45, 2.75) is 30.5 Å². The van der Waals surface area contributed by atoms with Crippen molar-refractivity contribution >= 4 is 10.0 Å². The SMILES string of the molecule is Cc1cc(C(F)(F)F)ccc1S(=O)(=O)N1CC[C@@H](N)C1. The van der Waals surface area contributed by atoms with Crippen molar-refractivity contribution in [1.29, 1.82) is 0 Å². The predicted octanol–water partition coefficient (Wildman–Crippen LogP) is 1.74. The number of alkyl halides is 3. The quantitative estimate of drug-likeness (QED) is 0.905. The van der Waals surface area contributed by atoms with Crippen LogP contribution in [-0.2, 0) is 16.2 Å².